The molecule has 18 heavy (non-hydrogen) atoms. The zero-order valence-corrected chi connectivity index (χ0v) is 10.4. The lowest BCUT2D eigenvalue weighted by molar-refractivity contribution is 0.0830. The molecule has 0 aliphatic rings. The summed E-state index contributed by atoms with van der Waals surface area (Å²) in [7, 11) is 0. The Morgan fingerprint density at radius 2 is 1.56 bits per heavy atom. The Bertz CT molecular complexity index is 400. The lowest BCUT2D eigenvalue weighted by Gasteiger charge is -2.30. The summed E-state index contributed by atoms with van der Waals surface area (Å²) in [5.41, 5.74) is 1.83. The number of hydrogen-bond acceptors (Lipinski definition) is 8. The summed E-state index contributed by atoms with van der Waals surface area (Å²) >= 11 is 0. The number of nitrogens with one attached hydrogen (secondary N) is 2. The molecule has 1 rings (SSSR count). The third kappa shape index (κ3) is 2.85. The van der Waals surface area contributed by atoms with Gasteiger partial charge in [-0.1, -0.05) is 0 Å². The predicted octanol–water partition coefficient (Wildman–Crippen LogP) is -1.49. The lowest BCUT2D eigenvalue weighted by Crippen LogP contribution is -2.49. The standard InChI is InChI=1S/C10H19N5O3/c1-6-8(12-7(2)13-9(6)15-11)14-10(3-16,4-17)5-18/h16-18H,3-5,11H2,1-2H3,(H2,12,13,14,15). The molecule has 0 aliphatic carbocycles. The van der Waals surface area contributed by atoms with Gasteiger partial charge in [-0.2, -0.15) is 0 Å². The van der Waals surface area contributed by atoms with Gasteiger partial charge in [0.1, 0.15) is 23.0 Å². The van der Waals surface area contributed by atoms with E-state index in [1.54, 1.807) is 13.8 Å². The van der Waals surface area contributed by atoms with Crippen LogP contribution in [-0.2, 0) is 0 Å². The van der Waals surface area contributed by atoms with Crippen LogP contribution >= 0.6 is 0 Å². The summed E-state index contributed by atoms with van der Waals surface area (Å²) in [6, 6.07) is 0. The van der Waals surface area contributed by atoms with Crippen molar-refractivity contribution < 1.29 is 15.3 Å². The van der Waals surface area contributed by atoms with Crippen molar-refractivity contribution in [2.45, 2.75) is 19.4 Å². The van der Waals surface area contributed by atoms with Crippen LogP contribution < -0.4 is 16.6 Å². The summed E-state index contributed by atoms with van der Waals surface area (Å²) in [6.07, 6.45) is 0. The van der Waals surface area contributed by atoms with Crippen molar-refractivity contribution in [1.82, 2.24) is 9.97 Å². The van der Waals surface area contributed by atoms with Gasteiger partial charge in [-0.3, -0.25) is 0 Å². The van der Waals surface area contributed by atoms with Gasteiger partial charge in [0.25, 0.3) is 0 Å². The molecule has 0 saturated heterocycles. The number of aliphatic hydroxyl groups excluding tert-OH is 3. The summed E-state index contributed by atoms with van der Waals surface area (Å²) in [6.45, 7) is 2.10. The number of hydrogen-bond donors (Lipinski definition) is 6. The molecule has 1 heterocycles. The summed E-state index contributed by atoms with van der Waals surface area (Å²) in [5, 5.41) is 30.6. The molecule has 1 aromatic heterocycles. The first-order valence-electron chi connectivity index (χ1n) is 5.44. The van der Waals surface area contributed by atoms with E-state index >= 15 is 0 Å². The van der Waals surface area contributed by atoms with E-state index in [0.29, 0.717) is 23.0 Å². The fraction of sp³-hybridized carbons (Fsp3) is 0.600. The van der Waals surface area contributed by atoms with Gasteiger partial charge < -0.3 is 26.1 Å². The third-order valence-electron chi connectivity index (χ3n) is 2.69. The maximum atomic E-state index is 9.26. The number of anilines is 2. The van der Waals surface area contributed by atoms with E-state index in [9.17, 15) is 15.3 Å². The fourth-order valence-electron chi connectivity index (χ4n) is 1.41. The first-order valence-corrected chi connectivity index (χ1v) is 5.44. The maximum Gasteiger partial charge on any atom is 0.148 e. The molecule has 0 radical (unpaired) electrons. The average molecular weight is 257 g/mol. The van der Waals surface area contributed by atoms with Gasteiger partial charge in [0.05, 0.1) is 19.8 Å². The Balaban J connectivity index is 3.13. The number of nitrogens with zero attached hydrogens (tertiary/aromatic N) is 2. The molecule has 0 atom stereocenters. The molecule has 8 heteroatoms. The van der Waals surface area contributed by atoms with Gasteiger partial charge in [-0.15, -0.1) is 0 Å². The van der Waals surface area contributed by atoms with Crippen LogP contribution in [0.3, 0.4) is 0 Å². The smallest absolute Gasteiger partial charge is 0.148 e. The quantitative estimate of drug-likeness (QED) is 0.268. The van der Waals surface area contributed by atoms with Crippen LogP contribution in [0.1, 0.15) is 11.4 Å². The number of nitrogens with two attached hydrogens (primary N) is 1. The summed E-state index contributed by atoms with van der Waals surface area (Å²) in [4.78, 5) is 8.24. The first-order chi connectivity index (χ1) is 8.51. The number of aromatic nitrogens is 2. The van der Waals surface area contributed by atoms with Crippen LogP contribution in [0, 0.1) is 13.8 Å². The molecule has 1 aromatic rings. The van der Waals surface area contributed by atoms with Gasteiger partial charge in [-0.05, 0) is 13.8 Å². The highest BCUT2D eigenvalue weighted by molar-refractivity contribution is 5.57. The van der Waals surface area contributed by atoms with Crippen molar-refractivity contribution in [3.05, 3.63) is 11.4 Å². The summed E-state index contributed by atoms with van der Waals surface area (Å²) < 4.78 is 0. The molecule has 0 unspecified atom stereocenters. The van der Waals surface area contributed by atoms with Crippen LogP contribution in [0.5, 0.6) is 0 Å². The molecule has 0 aromatic carbocycles. The van der Waals surface area contributed by atoms with Crippen LogP contribution in [0.4, 0.5) is 11.6 Å². The zero-order valence-electron chi connectivity index (χ0n) is 10.4. The number of nitrogen functional groups attached to an aromatic ring is 1. The minimum Gasteiger partial charge on any atom is -0.394 e. The van der Waals surface area contributed by atoms with Gasteiger partial charge in [0, 0.05) is 5.56 Å². The predicted molar refractivity (Wildman–Crippen MR) is 66.9 cm³/mol. The zero-order chi connectivity index (χ0) is 13.8. The van der Waals surface area contributed by atoms with E-state index in [0.717, 1.165) is 0 Å². The second-order valence-electron chi connectivity index (χ2n) is 4.12. The number of aryl methyl sites for hydroxylation is 1. The Morgan fingerprint density at radius 1 is 1.06 bits per heavy atom. The Morgan fingerprint density at radius 3 is 2.00 bits per heavy atom. The molecule has 102 valence electrons. The highest BCUT2D eigenvalue weighted by Gasteiger charge is 2.29. The molecule has 0 aliphatic heterocycles. The Labute approximate surface area is 105 Å². The largest absolute Gasteiger partial charge is 0.394 e. The molecular weight excluding hydrogens is 238 g/mol. The van der Waals surface area contributed by atoms with E-state index < -0.39 is 25.4 Å². The average Bonchev–Trinajstić information content (AvgIpc) is 2.39. The van der Waals surface area contributed by atoms with E-state index in [4.69, 9.17) is 5.84 Å². The highest BCUT2D eigenvalue weighted by atomic mass is 16.3. The fourth-order valence-corrected chi connectivity index (χ4v) is 1.41. The van der Waals surface area contributed by atoms with Crippen LogP contribution in [0.15, 0.2) is 0 Å². The van der Waals surface area contributed by atoms with Crippen molar-refractivity contribution in [1.29, 1.82) is 0 Å². The van der Waals surface area contributed by atoms with Gasteiger partial charge >= 0.3 is 0 Å². The third-order valence-corrected chi connectivity index (χ3v) is 2.69. The van der Waals surface area contributed by atoms with E-state index in [1.807, 2.05) is 0 Å². The lowest BCUT2D eigenvalue weighted by atomic mass is 10.0. The first kappa shape index (κ1) is 14.6. The summed E-state index contributed by atoms with van der Waals surface area (Å²) in [5.74, 6) is 6.64. The van der Waals surface area contributed by atoms with Crippen LogP contribution in [-0.4, -0.2) is 50.6 Å². The second kappa shape index (κ2) is 5.91. The van der Waals surface area contributed by atoms with Crippen molar-refractivity contribution in [3.8, 4) is 0 Å². The minimum absolute atomic E-state index is 0.396. The normalized spacial score (nSPS) is 11.4. The van der Waals surface area contributed by atoms with Gasteiger partial charge in [-0.25, -0.2) is 15.8 Å². The van der Waals surface area contributed by atoms with E-state index in [1.165, 1.54) is 0 Å². The van der Waals surface area contributed by atoms with E-state index in [-0.39, 0.29) is 0 Å². The molecule has 0 saturated carbocycles. The molecule has 0 fully saturated rings. The monoisotopic (exact) mass is 257 g/mol. The molecule has 0 spiro atoms. The van der Waals surface area contributed by atoms with E-state index in [2.05, 4.69) is 20.7 Å². The second-order valence-corrected chi connectivity index (χ2v) is 4.12. The van der Waals surface area contributed by atoms with Crippen molar-refractivity contribution in [3.63, 3.8) is 0 Å². The van der Waals surface area contributed by atoms with Crippen molar-refractivity contribution >= 4 is 11.6 Å². The maximum absolute atomic E-state index is 9.26. The van der Waals surface area contributed by atoms with Crippen molar-refractivity contribution in [2.24, 2.45) is 5.84 Å². The number of rotatable bonds is 6. The molecule has 0 amide bonds. The van der Waals surface area contributed by atoms with Gasteiger partial charge in [0.2, 0.25) is 0 Å². The molecule has 7 N–H and O–H groups in total. The van der Waals surface area contributed by atoms with Crippen LogP contribution in [0.25, 0.3) is 0 Å². The molecular formula is C10H19N5O3. The van der Waals surface area contributed by atoms with Gasteiger partial charge in [0.15, 0.2) is 0 Å². The highest BCUT2D eigenvalue weighted by Crippen LogP contribution is 2.22. The topological polar surface area (TPSA) is 137 Å². The number of aliphatic hydroxyl groups is 3. The van der Waals surface area contributed by atoms with Crippen LogP contribution in [0.2, 0.25) is 0 Å². The molecule has 0 bridgehead atoms. The Kier molecular flexibility index (Phi) is 4.79. The Hall–Kier alpha value is -1.48. The number of hydrazine groups is 1. The van der Waals surface area contributed by atoms with Crippen molar-refractivity contribution in [2.75, 3.05) is 30.6 Å². The molecule has 8 nitrogen and oxygen atoms in total. The SMILES string of the molecule is Cc1nc(NN)c(C)c(NC(CO)(CO)CO)n1. The minimum atomic E-state index is -1.24.